The molecule has 2 rings (SSSR count). The van der Waals surface area contributed by atoms with Crippen molar-refractivity contribution in [1.29, 1.82) is 0 Å². The normalized spacial score (nSPS) is 14.3. The predicted molar refractivity (Wildman–Crippen MR) is 125 cm³/mol. The number of nitrogens with zero attached hydrogens (tertiary/aromatic N) is 2. The maximum absolute atomic E-state index is 12.0. The maximum Gasteiger partial charge on any atom is 0.410 e. The molecule has 1 fully saturated rings. The first-order valence-electron chi connectivity index (χ1n) is 9.64. The number of aliphatic imine (C=N–C) groups is 1. The SMILES string of the molecule is CCNC(=NCCNC(=O)c1ccccc1)NC1CN(C(=O)OC(C)(C)C)C1.I. The molecule has 0 spiro atoms. The lowest BCUT2D eigenvalue weighted by molar-refractivity contribution is 0.00700. The van der Waals surface area contributed by atoms with Gasteiger partial charge >= 0.3 is 6.09 Å². The van der Waals surface area contributed by atoms with E-state index < -0.39 is 5.60 Å². The summed E-state index contributed by atoms with van der Waals surface area (Å²) in [5.41, 5.74) is 0.143. The van der Waals surface area contributed by atoms with Crippen LogP contribution < -0.4 is 16.0 Å². The molecule has 1 aliphatic heterocycles. The maximum atomic E-state index is 12.0. The molecule has 8 nitrogen and oxygen atoms in total. The zero-order chi connectivity index (χ0) is 20.6. The Morgan fingerprint density at radius 3 is 2.41 bits per heavy atom. The van der Waals surface area contributed by atoms with E-state index in [-0.39, 0.29) is 42.0 Å². The molecule has 1 aliphatic rings. The first kappa shape index (κ1) is 25.0. The van der Waals surface area contributed by atoms with Crippen LogP contribution in [0.4, 0.5) is 4.79 Å². The number of ether oxygens (including phenoxy) is 1. The standard InChI is InChI=1S/C20H31N5O3.HI/c1-5-21-18(23-12-11-22-17(26)15-9-7-6-8-10-15)24-16-13-25(14-16)19(27)28-20(2,3)4;/h6-10,16H,5,11-14H2,1-4H3,(H,22,26)(H2,21,23,24);1H. The van der Waals surface area contributed by atoms with Gasteiger partial charge in [-0.1, -0.05) is 18.2 Å². The summed E-state index contributed by atoms with van der Waals surface area (Å²) in [5.74, 6) is 0.561. The molecule has 0 radical (unpaired) electrons. The number of carbonyl (C=O) groups excluding carboxylic acids is 2. The number of hydrogen-bond donors (Lipinski definition) is 3. The minimum absolute atomic E-state index is 0. The van der Waals surface area contributed by atoms with Gasteiger partial charge < -0.3 is 25.6 Å². The van der Waals surface area contributed by atoms with E-state index in [2.05, 4.69) is 20.9 Å². The lowest BCUT2D eigenvalue weighted by Gasteiger charge is -2.40. The lowest BCUT2D eigenvalue weighted by Crippen LogP contribution is -2.63. The van der Waals surface area contributed by atoms with Crippen LogP contribution in [-0.2, 0) is 4.74 Å². The van der Waals surface area contributed by atoms with Crippen LogP contribution in [0.1, 0.15) is 38.1 Å². The van der Waals surface area contributed by atoms with Gasteiger partial charge in [-0.2, -0.15) is 0 Å². The van der Waals surface area contributed by atoms with Gasteiger partial charge in [0.25, 0.3) is 5.91 Å². The summed E-state index contributed by atoms with van der Waals surface area (Å²) in [4.78, 5) is 30.1. The average molecular weight is 517 g/mol. The number of guanidine groups is 1. The number of benzene rings is 1. The Morgan fingerprint density at radius 1 is 1.17 bits per heavy atom. The molecule has 3 N–H and O–H groups in total. The summed E-state index contributed by atoms with van der Waals surface area (Å²) in [6.07, 6.45) is -0.295. The molecule has 1 aromatic rings. The van der Waals surface area contributed by atoms with Crippen LogP contribution in [0.25, 0.3) is 0 Å². The quantitative estimate of drug-likeness (QED) is 0.233. The van der Waals surface area contributed by atoms with Crippen molar-refractivity contribution in [1.82, 2.24) is 20.9 Å². The minimum atomic E-state index is -0.490. The number of halogens is 1. The van der Waals surface area contributed by atoms with Gasteiger partial charge in [-0.3, -0.25) is 9.79 Å². The summed E-state index contributed by atoms with van der Waals surface area (Å²) >= 11 is 0. The highest BCUT2D eigenvalue weighted by atomic mass is 127. The molecule has 162 valence electrons. The summed E-state index contributed by atoms with van der Waals surface area (Å²) in [6, 6.07) is 9.22. The molecule has 0 unspecified atom stereocenters. The molecule has 1 aromatic carbocycles. The molecular formula is C20H32IN5O3. The van der Waals surface area contributed by atoms with Gasteiger partial charge in [0.05, 0.1) is 12.6 Å². The van der Waals surface area contributed by atoms with Crippen LogP contribution in [0.15, 0.2) is 35.3 Å². The Hall–Kier alpha value is -2.04. The zero-order valence-electron chi connectivity index (χ0n) is 17.5. The average Bonchev–Trinajstić information content (AvgIpc) is 2.60. The van der Waals surface area contributed by atoms with Crippen molar-refractivity contribution in [3.05, 3.63) is 35.9 Å². The van der Waals surface area contributed by atoms with E-state index in [1.54, 1.807) is 17.0 Å². The molecule has 9 heteroatoms. The minimum Gasteiger partial charge on any atom is -0.444 e. The van der Waals surface area contributed by atoms with E-state index in [4.69, 9.17) is 4.74 Å². The van der Waals surface area contributed by atoms with Crippen molar-refractivity contribution in [2.45, 2.75) is 39.3 Å². The van der Waals surface area contributed by atoms with Crippen molar-refractivity contribution >= 4 is 41.9 Å². The highest BCUT2D eigenvalue weighted by Crippen LogP contribution is 2.15. The van der Waals surface area contributed by atoms with Crippen LogP contribution in [0, 0.1) is 0 Å². The Morgan fingerprint density at radius 2 is 1.83 bits per heavy atom. The number of nitrogens with one attached hydrogen (secondary N) is 3. The molecule has 2 amide bonds. The molecule has 1 saturated heterocycles. The fourth-order valence-electron chi connectivity index (χ4n) is 2.59. The Labute approximate surface area is 189 Å². The summed E-state index contributed by atoms with van der Waals surface area (Å²) in [6.45, 7) is 10.3. The van der Waals surface area contributed by atoms with Gasteiger partial charge in [0, 0.05) is 31.7 Å². The van der Waals surface area contributed by atoms with Gasteiger partial charge in [-0.05, 0) is 39.8 Å². The van der Waals surface area contributed by atoms with Gasteiger partial charge in [0.15, 0.2) is 5.96 Å². The number of likely N-dealkylation sites (tertiary alicyclic amines) is 1. The Bertz CT molecular complexity index is 685. The first-order valence-corrected chi connectivity index (χ1v) is 9.64. The fourth-order valence-corrected chi connectivity index (χ4v) is 2.59. The highest BCUT2D eigenvalue weighted by molar-refractivity contribution is 14.0. The number of hydrogen-bond acceptors (Lipinski definition) is 4. The van der Waals surface area contributed by atoms with Crippen LogP contribution in [0.3, 0.4) is 0 Å². The summed E-state index contributed by atoms with van der Waals surface area (Å²) in [5, 5.41) is 9.32. The van der Waals surface area contributed by atoms with Crippen molar-refractivity contribution in [3.8, 4) is 0 Å². The molecule has 0 aliphatic carbocycles. The third-order valence-corrected chi connectivity index (χ3v) is 3.92. The van der Waals surface area contributed by atoms with Gasteiger partial charge in [0.2, 0.25) is 0 Å². The van der Waals surface area contributed by atoms with Crippen molar-refractivity contribution in [2.24, 2.45) is 4.99 Å². The summed E-state index contributed by atoms with van der Waals surface area (Å²) in [7, 11) is 0. The zero-order valence-corrected chi connectivity index (χ0v) is 19.9. The van der Waals surface area contributed by atoms with E-state index in [1.807, 2.05) is 45.9 Å². The van der Waals surface area contributed by atoms with Crippen LogP contribution in [0.5, 0.6) is 0 Å². The molecule has 0 atom stereocenters. The molecule has 1 heterocycles. The first-order chi connectivity index (χ1) is 13.3. The number of amides is 2. The lowest BCUT2D eigenvalue weighted by atomic mass is 10.1. The van der Waals surface area contributed by atoms with Crippen LogP contribution >= 0.6 is 24.0 Å². The third-order valence-electron chi connectivity index (χ3n) is 3.92. The second kappa shape index (κ2) is 11.8. The van der Waals surface area contributed by atoms with Crippen molar-refractivity contribution in [2.75, 3.05) is 32.7 Å². The van der Waals surface area contributed by atoms with E-state index >= 15 is 0 Å². The van der Waals surface area contributed by atoms with Crippen molar-refractivity contribution in [3.63, 3.8) is 0 Å². The molecule has 0 saturated carbocycles. The molecule has 29 heavy (non-hydrogen) atoms. The molecule has 0 bridgehead atoms. The van der Waals surface area contributed by atoms with Gasteiger partial charge in [-0.25, -0.2) is 4.79 Å². The van der Waals surface area contributed by atoms with Crippen LogP contribution in [-0.4, -0.2) is 67.2 Å². The largest absolute Gasteiger partial charge is 0.444 e. The van der Waals surface area contributed by atoms with E-state index in [0.29, 0.717) is 37.7 Å². The predicted octanol–water partition coefficient (Wildman–Crippen LogP) is 2.21. The monoisotopic (exact) mass is 517 g/mol. The number of carbonyl (C=O) groups is 2. The van der Waals surface area contributed by atoms with E-state index in [9.17, 15) is 9.59 Å². The smallest absolute Gasteiger partial charge is 0.410 e. The molecule has 0 aromatic heterocycles. The van der Waals surface area contributed by atoms with Crippen LogP contribution in [0.2, 0.25) is 0 Å². The fraction of sp³-hybridized carbons (Fsp3) is 0.550. The van der Waals surface area contributed by atoms with Gasteiger partial charge in [-0.15, -0.1) is 24.0 Å². The van der Waals surface area contributed by atoms with Gasteiger partial charge in [0.1, 0.15) is 5.60 Å². The second-order valence-electron chi connectivity index (χ2n) is 7.61. The van der Waals surface area contributed by atoms with E-state index in [1.165, 1.54) is 0 Å². The third kappa shape index (κ3) is 8.88. The summed E-state index contributed by atoms with van der Waals surface area (Å²) < 4.78 is 5.35. The topological polar surface area (TPSA) is 95.1 Å². The molecular weight excluding hydrogens is 485 g/mol. The highest BCUT2D eigenvalue weighted by Gasteiger charge is 2.34. The van der Waals surface area contributed by atoms with Crippen molar-refractivity contribution < 1.29 is 14.3 Å². The Kier molecular flexibility index (Phi) is 10.2. The number of rotatable bonds is 6. The van der Waals surface area contributed by atoms with E-state index in [0.717, 1.165) is 6.54 Å². The second-order valence-corrected chi connectivity index (χ2v) is 7.61. The Balaban J connectivity index is 0.00000420.